The third-order valence-corrected chi connectivity index (χ3v) is 6.32. The molecule has 0 saturated heterocycles. The average molecular weight is 443 g/mol. The first-order valence-electron chi connectivity index (χ1n) is 10.1. The van der Waals surface area contributed by atoms with Crippen LogP contribution in [0.4, 0.5) is 11.4 Å². The summed E-state index contributed by atoms with van der Waals surface area (Å²) in [5.74, 6) is 0.954. The van der Waals surface area contributed by atoms with Gasteiger partial charge in [-0.25, -0.2) is 9.89 Å². The van der Waals surface area contributed by atoms with E-state index in [2.05, 4.69) is 0 Å². The first-order chi connectivity index (χ1) is 15.6. The number of benzene rings is 3. The second-order valence-electron chi connectivity index (χ2n) is 7.46. The fourth-order valence-electron chi connectivity index (χ4n) is 3.78. The van der Waals surface area contributed by atoms with Crippen molar-refractivity contribution in [2.45, 2.75) is 18.2 Å². The van der Waals surface area contributed by atoms with E-state index in [1.54, 1.807) is 17.0 Å². The summed E-state index contributed by atoms with van der Waals surface area (Å²) < 4.78 is 0. The van der Waals surface area contributed by atoms with E-state index in [1.807, 2.05) is 60.7 Å². The SMILES string of the molecule is O=C1[C@@H](Cc2ccccc2)N=C2c3ccccc3N=C(SCc3cccc([N+](=O)[O-])c3)N12. The van der Waals surface area contributed by atoms with Crippen molar-refractivity contribution in [2.75, 3.05) is 0 Å². The van der Waals surface area contributed by atoms with Crippen molar-refractivity contribution in [3.05, 3.63) is 106 Å². The molecule has 0 radical (unpaired) electrons. The highest BCUT2D eigenvalue weighted by Gasteiger charge is 2.41. The van der Waals surface area contributed by atoms with Gasteiger partial charge in [0, 0.05) is 29.9 Å². The number of nitro groups is 1. The number of amidine groups is 2. The maximum atomic E-state index is 13.3. The Morgan fingerprint density at radius 2 is 1.72 bits per heavy atom. The fourth-order valence-corrected chi connectivity index (χ4v) is 4.72. The van der Waals surface area contributed by atoms with Gasteiger partial charge in [0.1, 0.15) is 11.9 Å². The number of carbonyl (C=O) groups excluding carboxylic acids is 1. The van der Waals surface area contributed by atoms with Gasteiger partial charge in [0.15, 0.2) is 5.17 Å². The molecular formula is C24H18N4O3S. The molecule has 1 atom stereocenters. The zero-order valence-corrected chi connectivity index (χ0v) is 17.7. The summed E-state index contributed by atoms with van der Waals surface area (Å²) in [6.45, 7) is 0. The van der Waals surface area contributed by atoms with Crippen LogP contribution in [0.25, 0.3) is 0 Å². The maximum Gasteiger partial charge on any atom is 0.269 e. The number of hydrogen-bond acceptors (Lipinski definition) is 6. The van der Waals surface area contributed by atoms with Crippen LogP contribution in [0.15, 0.2) is 88.8 Å². The van der Waals surface area contributed by atoms with E-state index in [1.165, 1.54) is 17.8 Å². The normalized spacial score (nSPS) is 16.8. The van der Waals surface area contributed by atoms with E-state index in [9.17, 15) is 14.9 Å². The minimum Gasteiger partial charge on any atom is -0.271 e. The smallest absolute Gasteiger partial charge is 0.269 e. The van der Waals surface area contributed by atoms with Crippen molar-refractivity contribution >= 4 is 40.0 Å². The lowest BCUT2D eigenvalue weighted by Gasteiger charge is -2.25. The number of nitrogens with zero attached hydrogens (tertiary/aromatic N) is 4. The Balaban J connectivity index is 1.44. The monoisotopic (exact) mass is 442 g/mol. The van der Waals surface area contributed by atoms with Gasteiger partial charge in [-0.15, -0.1) is 0 Å². The maximum absolute atomic E-state index is 13.3. The summed E-state index contributed by atoms with van der Waals surface area (Å²) in [4.78, 5) is 35.1. The van der Waals surface area contributed by atoms with Gasteiger partial charge in [-0.05, 0) is 23.3 Å². The molecule has 5 rings (SSSR count). The first-order valence-corrected chi connectivity index (χ1v) is 11.1. The van der Waals surface area contributed by atoms with Gasteiger partial charge in [0.05, 0.1) is 10.6 Å². The number of nitro benzene ring substituents is 1. The molecule has 0 spiro atoms. The zero-order valence-electron chi connectivity index (χ0n) is 16.9. The van der Waals surface area contributed by atoms with E-state index in [0.717, 1.165) is 22.4 Å². The zero-order chi connectivity index (χ0) is 22.1. The quantitative estimate of drug-likeness (QED) is 0.422. The van der Waals surface area contributed by atoms with Gasteiger partial charge in [0.2, 0.25) is 0 Å². The summed E-state index contributed by atoms with van der Waals surface area (Å²) in [7, 11) is 0. The number of aliphatic imine (C=N–C) groups is 2. The first kappa shape index (κ1) is 20.1. The Labute approximate surface area is 188 Å². The molecule has 0 aromatic heterocycles. The molecule has 1 amide bonds. The van der Waals surface area contributed by atoms with Gasteiger partial charge in [-0.1, -0.05) is 66.4 Å². The molecule has 0 unspecified atom stereocenters. The van der Waals surface area contributed by atoms with Crippen LogP contribution < -0.4 is 0 Å². The Hall–Kier alpha value is -3.78. The lowest BCUT2D eigenvalue weighted by Crippen LogP contribution is -2.41. The highest BCUT2D eigenvalue weighted by molar-refractivity contribution is 8.13. The molecule has 2 heterocycles. The second-order valence-corrected chi connectivity index (χ2v) is 8.40. The lowest BCUT2D eigenvalue weighted by molar-refractivity contribution is -0.384. The summed E-state index contributed by atoms with van der Waals surface area (Å²) in [5.41, 5.74) is 3.47. The Morgan fingerprint density at radius 1 is 0.969 bits per heavy atom. The Kier molecular flexibility index (Phi) is 5.28. The number of para-hydroxylation sites is 1. The van der Waals surface area contributed by atoms with E-state index >= 15 is 0 Å². The highest BCUT2D eigenvalue weighted by Crippen LogP contribution is 2.35. The average Bonchev–Trinajstić information content (AvgIpc) is 3.14. The van der Waals surface area contributed by atoms with E-state index in [0.29, 0.717) is 23.2 Å². The number of fused-ring (bicyclic) bond motifs is 3. The summed E-state index contributed by atoms with van der Waals surface area (Å²) in [6.07, 6.45) is 0.519. The number of thioether (sulfide) groups is 1. The lowest BCUT2D eigenvalue weighted by atomic mass is 10.1. The third kappa shape index (κ3) is 3.80. The van der Waals surface area contributed by atoms with E-state index in [-0.39, 0.29) is 11.6 Å². The second kappa shape index (κ2) is 8.39. The highest BCUT2D eigenvalue weighted by atomic mass is 32.2. The molecule has 0 aliphatic carbocycles. The Bertz CT molecular complexity index is 1270. The van der Waals surface area contributed by atoms with Crippen LogP contribution >= 0.6 is 11.8 Å². The number of amides is 1. The molecule has 0 saturated carbocycles. The molecule has 7 nitrogen and oxygen atoms in total. The van der Waals surface area contributed by atoms with Crippen molar-refractivity contribution < 1.29 is 9.72 Å². The van der Waals surface area contributed by atoms with Crippen LogP contribution in [0.3, 0.4) is 0 Å². The molecular weight excluding hydrogens is 424 g/mol. The molecule has 3 aromatic rings. The molecule has 2 aliphatic heterocycles. The summed E-state index contributed by atoms with van der Waals surface area (Å²) in [6, 6.07) is 23.5. The topological polar surface area (TPSA) is 88.2 Å². The fraction of sp³-hybridized carbons (Fsp3) is 0.125. The standard InChI is InChI=1S/C24H18N4O3S/c29-23-21(14-16-7-2-1-3-8-16)25-22-19-11-4-5-12-20(19)26-24(27(22)23)32-15-17-9-6-10-18(13-17)28(30)31/h1-13,21H,14-15H2/t21-/m1/s1. The number of rotatable bonds is 5. The molecule has 3 aromatic carbocycles. The molecule has 0 N–H and O–H groups in total. The number of non-ortho nitro benzene ring substituents is 1. The van der Waals surface area contributed by atoms with Crippen molar-refractivity contribution in [3.8, 4) is 0 Å². The van der Waals surface area contributed by atoms with Crippen LogP contribution in [-0.2, 0) is 17.0 Å². The molecule has 0 fully saturated rings. The van der Waals surface area contributed by atoms with Crippen LogP contribution in [0.1, 0.15) is 16.7 Å². The minimum absolute atomic E-state index is 0.0430. The molecule has 158 valence electrons. The molecule has 32 heavy (non-hydrogen) atoms. The van der Waals surface area contributed by atoms with Crippen LogP contribution in [0.2, 0.25) is 0 Å². The van der Waals surface area contributed by atoms with Gasteiger partial charge in [-0.3, -0.25) is 19.9 Å². The summed E-state index contributed by atoms with van der Waals surface area (Å²) >= 11 is 1.37. The number of hydrogen-bond donors (Lipinski definition) is 0. The largest absolute Gasteiger partial charge is 0.271 e. The van der Waals surface area contributed by atoms with Gasteiger partial charge < -0.3 is 0 Å². The minimum atomic E-state index is -0.512. The van der Waals surface area contributed by atoms with Crippen LogP contribution in [0.5, 0.6) is 0 Å². The third-order valence-electron chi connectivity index (χ3n) is 5.31. The van der Waals surface area contributed by atoms with Crippen LogP contribution in [-0.4, -0.2) is 32.8 Å². The van der Waals surface area contributed by atoms with E-state index < -0.39 is 11.0 Å². The molecule has 8 heteroatoms. The van der Waals surface area contributed by atoms with E-state index in [4.69, 9.17) is 9.98 Å². The van der Waals surface area contributed by atoms with Crippen LogP contribution in [0, 0.1) is 10.1 Å². The summed E-state index contributed by atoms with van der Waals surface area (Å²) in [5, 5.41) is 11.6. The van der Waals surface area contributed by atoms with Crippen molar-refractivity contribution in [2.24, 2.45) is 9.98 Å². The van der Waals surface area contributed by atoms with Gasteiger partial charge in [-0.2, -0.15) is 0 Å². The van der Waals surface area contributed by atoms with Gasteiger partial charge in [0.25, 0.3) is 11.6 Å². The van der Waals surface area contributed by atoms with Gasteiger partial charge >= 0.3 is 0 Å². The number of carbonyl (C=O) groups is 1. The predicted molar refractivity (Wildman–Crippen MR) is 125 cm³/mol. The predicted octanol–water partition coefficient (Wildman–Crippen LogP) is 4.73. The Morgan fingerprint density at radius 3 is 2.53 bits per heavy atom. The molecule has 2 aliphatic rings. The van der Waals surface area contributed by atoms with Crippen molar-refractivity contribution in [1.29, 1.82) is 0 Å². The van der Waals surface area contributed by atoms with Crippen molar-refractivity contribution in [3.63, 3.8) is 0 Å². The molecule has 0 bridgehead atoms. The van der Waals surface area contributed by atoms with Crippen molar-refractivity contribution in [1.82, 2.24) is 4.90 Å².